The Morgan fingerprint density at radius 3 is 2.43 bits per heavy atom. The van der Waals surface area contributed by atoms with Gasteiger partial charge in [0.15, 0.2) is 0 Å². The number of hydrogen-bond donors (Lipinski definition) is 0. The van der Waals surface area contributed by atoms with Gasteiger partial charge in [-0.25, -0.2) is 8.42 Å². The fraction of sp³-hybridized carbons (Fsp3) is 0.176. The van der Waals surface area contributed by atoms with E-state index in [0.717, 1.165) is 11.3 Å². The zero-order valence-corrected chi connectivity index (χ0v) is 15.2. The van der Waals surface area contributed by atoms with Crippen molar-refractivity contribution < 1.29 is 13.2 Å². The number of nitrogens with zero attached hydrogens (tertiary/aromatic N) is 1. The lowest BCUT2D eigenvalue weighted by molar-refractivity contribution is 0.363. The second-order valence-electron chi connectivity index (χ2n) is 4.94. The summed E-state index contributed by atoms with van der Waals surface area (Å²) in [6, 6.07) is 14.1. The van der Waals surface area contributed by atoms with E-state index < -0.39 is 10.0 Å². The van der Waals surface area contributed by atoms with Gasteiger partial charge in [0.05, 0.1) is 4.90 Å². The van der Waals surface area contributed by atoms with Crippen LogP contribution in [0.3, 0.4) is 0 Å². The Hall–Kier alpha value is -1.63. The molecule has 0 fully saturated rings. The fourth-order valence-electron chi connectivity index (χ4n) is 2.01. The Morgan fingerprint density at radius 1 is 1.17 bits per heavy atom. The minimum absolute atomic E-state index is 0.258. The zero-order chi connectivity index (χ0) is 16.9. The van der Waals surface area contributed by atoms with Crippen LogP contribution in [-0.2, 0) is 16.6 Å². The standard InChI is InChI=1S/C17H18BrNO3S/c1-3-12-22-15-10-8-14(9-11-15)13-19(2)23(20,21)17-7-5-4-6-16(17)18/h3-11H,1,12-13H2,2H3. The van der Waals surface area contributed by atoms with E-state index in [1.165, 1.54) is 4.31 Å². The SMILES string of the molecule is C=CCOc1ccc(CN(C)S(=O)(=O)c2ccccc2Br)cc1. The first-order chi connectivity index (χ1) is 10.9. The average molecular weight is 396 g/mol. The summed E-state index contributed by atoms with van der Waals surface area (Å²) < 4.78 is 32.5. The summed E-state index contributed by atoms with van der Waals surface area (Å²) in [6.07, 6.45) is 1.67. The molecule has 6 heteroatoms. The van der Waals surface area contributed by atoms with Crippen molar-refractivity contribution >= 4 is 26.0 Å². The smallest absolute Gasteiger partial charge is 0.244 e. The summed E-state index contributed by atoms with van der Waals surface area (Å²) in [7, 11) is -1.98. The van der Waals surface area contributed by atoms with E-state index in [9.17, 15) is 8.42 Å². The Kier molecular flexibility index (Phi) is 5.98. The summed E-state index contributed by atoms with van der Waals surface area (Å²) >= 11 is 3.29. The lowest BCUT2D eigenvalue weighted by Crippen LogP contribution is -2.26. The van der Waals surface area contributed by atoms with Crippen molar-refractivity contribution in [3.8, 4) is 5.75 Å². The summed E-state index contributed by atoms with van der Waals surface area (Å²) in [5.74, 6) is 0.727. The first-order valence-electron chi connectivity index (χ1n) is 6.98. The summed E-state index contributed by atoms with van der Waals surface area (Å²) in [5.41, 5.74) is 0.883. The Bertz CT molecular complexity index is 773. The molecule has 0 aliphatic carbocycles. The zero-order valence-electron chi connectivity index (χ0n) is 12.8. The number of hydrogen-bond acceptors (Lipinski definition) is 3. The van der Waals surface area contributed by atoms with Crippen LogP contribution >= 0.6 is 15.9 Å². The highest BCUT2D eigenvalue weighted by molar-refractivity contribution is 9.10. The van der Waals surface area contributed by atoms with Gasteiger partial charge < -0.3 is 4.74 Å². The molecule has 0 saturated carbocycles. The third-order valence-corrected chi connectivity index (χ3v) is 6.04. The van der Waals surface area contributed by atoms with Crippen LogP contribution < -0.4 is 4.74 Å². The molecular formula is C17H18BrNO3S. The molecule has 0 heterocycles. The van der Waals surface area contributed by atoms with Crippen LogP contribution in [0.2, 0.25) is 0 Å². The van der Waals surface area contributed by atoms with Gasteiger partial charge in [-0.15, -0.1) is 0 Å². The van der Waals surface area contributed by atoms with E-state index in [1.807, 2.05) is 24.3 Å². The van der Waals surface area contributed by atoms with Gasteiger partial charge in [0, 0.05) is 18.1 Å². The highest BCUT2D eigenvalue weighted by Crippen LogP contribution is 2.25. The Balaban J connectivity index is 2.13. The van der Waals surface area contributed by atoms with Crippen molar-refractivity contribution in [2.45, 2.75) is 11.4 Å². The van der Waals surface area contributed by atoms with E-state index >= 15 is 0 Å². The molecule has 23 heavy (non-hydrogen) atoms. The van der Waals surface area contributed by atoms with Crippen molar-refractivity contribution in [3.63, 3.8) is 0 Å². The molecule has 4 nitrogen and oxygen atoms in total. The quantitative estimate of drug-likeness (QED) is 0.669. The van der Waals surface area contributed by atoms with Crippen molar-refractivity contribution in [1.29, 1.82) is 0 Å². The summed E-state index contributed by atoms with van der Waals surface area (Å²) in [6.45, 7) is 4.32. The largest absolute Gasteiger partial charge is 0.490 e. The number of halogens is 1. The third kappa shape index (κ3) is 4.43. The van der Waals surface area contributed by atoms with Crippen LogP contribution in [0.4, 0.5) is 0 Å². The molecule has 0 amide bonds. The molecule has 122 valence electrons. The highest BCUT2D eigenvalue weighted by Gasteiger charge is 2.23. The number of rotatable bonds is 7. The van der Waals surface area contributed by atoms with Gasteiger partial charge in [0.1, 0.15) is 12.4 Å². The summed E-state index contributed by atoms with van der Waals surface area (Å²) in [5, 5.41) is 0. The van der Waals surface area contributed by atoms with Crippen molar-refractivity contribution in [2.24, 2.45) is 0 Å². The van der Waals surface area contributed by atoms with E-state index in [1.54, 1.807) is 37.4 Å². The van der Waals surface area contributed by atoms with Crippen LogP contribution in [-0.4, -0.2) is 26.4 Å². The molecule has 0 atom stereocenters. The maximum Gasteiger partial charge on any atom is 0.244 e. The van der Waals surface area contributed by atoms with E-state index in [4.69, 9.17) is 4.74 Å². The van der Waals surface area contributed by atoms with Crippen LogP contribution in [0.5, 0.6) is 5.75 Å². The van der Waals surface area contributed by atoms with Gasteiger partial charge in [-0.1, -0.05) is 36.9 Å². The maximum absolute atomic E-state index is 12.6. The molecule has 2 aromatic carbocycles. The molecule has 2 rings (SSSR count). The minimum atomic E-state index is -3.55. The van der Waals surface area contributed by atoms with Crippen molar-refractivity contribution in [1.82, 2.24) is 4.31 Å². The highest BCUT2D eigenvalue weighted by atomic mass is 79.9. The molecule has 0 saturated heterocycles. The lowest BCUT2D eigenvalue weighted by atomic mass is 10.2. The van der Waals surface area contributed by atoms with E-state index in [-0.39, 0.29) is 11.4 Å². The van der Waals surface area contributed by atoms with Crippen molar-refractivity contribution in [2.75, 3.05) is 13.7 Å². The first-order valence-corrected chi connectivity index (χ1v) is 9.22. The average Bonchev–Trinajstić information content (AvgIpc) is 2.54. The summed E-state index contributed by atoms with van der Waals surface area (Å²) in [4.78, 5) is 0.258. The molecule has 0 unspecified atom stereocenters. The predicted octanol–water partition coefficient (Wildman–Crippen LogP) is 3.83. The van der Waals surface area contributed by atoms with Gasteiger partial charge in [0.25, 0.3) is 0 Å². The topological polar surface area (TPSA) is 46.6 Å². The number of ether oxygens (including phenoxy) is 1. The van der Waals surface area contributed by atoms with Crippen LogP contribution in [0.1, 0.15) is 5.56 Å². The molecule has 0 aliphatic heterocycles. The monoisotopic (exact) mass is 395 g/mol. The molecular weight excluding hydrogens is 378 g/mol. The van der Waals surface area contributed by atoms with Gasteiger partial charge in [-0.3, -0.25) is 0 Å². The number of sulfonamides is 1. The normalized spacial score (nSPS) is 11.4. The van der Waals surface area contributed by atoms with E-state index in [0.29, 0.717) is 11.1 Å². The minimum Gasteiger partial charge on any atom is -0.490 e. The second-order valence-corrected chi connectivity index (χ2v) is 7.80. The first kappa shape index (κ1) is 17.7. The Labute approximate surface area is 145 Å². The molecule has 0 aliphatic rings. The van der Waals surface area contributed by atoms with Gasteiger partial charge in [0.2, 0.25) is 10.0 Å². The van der Waals surface area contributed by atoms with Crippen LogP contribution in [0, 0.1) is 0 Å². The van der Waals surface area contributed by atoms with Crippen molar-refractivity contribution in [3.05, 3.63) is 71.2 Å². The van der Waals surface area contributed by atoms with E-state index in [2.05, 4.69) is 22.5 Å². The fourth-order valence-corrected chi connectivity index (χ4v) is 4.13. The van der Waals surface area contributed by atoms with Gasteiger partial charge >= 0.3 is 0 Å². The molecule has 0 N–H and O–H groups in total. The Morgan fingerprint density at radius 2 is 1.83 bits per heavy atom. The lowest BCUT2D eigenvalue weighted by Gasteiger charge is -2.18. The molecule has 0 aromatic heterocycles. The number of benzene rings is 2. The molecule has 0 radical (unpaired) electrons. The van der Waals surface area contributed by atoms with Gasteiger partial charge in [-0.2, -0.15) is 4.31 Å². The third-order valence-electron chi connectivity index (χ3n) is 3.22. The maximum atomic E-state index is 12.6. The second kappa shape index (κ2) is 7.77. The molecule has 0 spiro atoms. The molecule has 0 bridgehead atoms. The van der Waals surface area contributed by atoms with Crippen LogP contribution in [0.25, 0.3) is 0 Å². The van der Waals surface area contributed by atoms with Gasteiger partial charge in [-0.05, 0) is 45.8 Å². The molecule has 2 aromatic rings. The predicted molar refractivity (Wildman–Crippen MR) is 94.9 cm³/mol. The van der Waals surface area contributed by atoms with Crippen LogP contribution in [0.15, 0.2) is 70.6 Å².